The highest BCUT2D eigenvalue weighted by molar-refractivity contribution is 5.91. The molecule has 20 heavy (non-hydrogen) atoms. The maximum absolute atomic E-state index is 12.1. The Balaban J connectivity index is 2.10. The third-order valence-electron chi connectivity index (χ3n) is 3.62. The van der Waals surface area contributed by atoms with E-state index in [9.17, 15) is 9.59 Å². The standard InChI is InChI=1S/C14H10N4O2/c15-12(19)9-6-18-10-5-7-3-1-2-4-8(7)11(10)17-14(20)13(18)16-9/h1-4,6H,5H2,(H2,15,19)(H,17,20). The molecule has 3 aromatic rings. The Hall–Kier alpha value is -2.89. The number of nitrogens with one attached hydrogen (secondary N) is 1. The highest BCUT2D eigenvalue weighted by atomic mass is 16.1. The number of nitrogens with two attached hydrogens (primary N) is 1. The predicted molar refractivity (Wildman–Crippen MR) is 72.6 cm³/mol. The van der Waals surface area contributed by atoms with Crippen molar-refractivity contribution in [1.29, 1.82) is 0 Å². The van der Waals surface area contributed by atoms with E-state index in [4.69, 9.17) is 5.73 Å². The van der Waals surface area contributed by atoms with Crippen LogP contribution in [-0.4, -0.2) is 20.3 Å². The Kier molecular flexibility index (Phi) is 1.96. The zero-order valence-corrected chi connectivity index (χ0v) is 10.4. The van der Waals surface area contributed by atoms with E-state index in [0.717, 1.165) is 22.5 Å². The van der Waals surface area contributed by atoms with Crippen molar-refractivity contribution in [3.63, 3.8) is 0 Å². The molecule has 0 saturated heterocycles. The molecule has 1 aliphatic carbocycles. The van der Waals surface area contributed by atoms with Gasteiger partial charge in [0.15, 0.2) is 0 Å². The Morgan fingerprint density at radius 3 is 2.95 bits per heavy atom. The van der Waals surface area contributed by atoms with E-state index in [1.807, 2.05) is 24.3 Å². The molecule has 4 rings (SSSR count). The van der Waals surface area contributed by atoms with Crippen LogP contribution in [0.2, 0.25) is 0 Å². The third kappa shape index (κ3) is 1.30. The van der Waals surface area contributed by atoms with Gasteiger partial charge in [-0.25, -0.2) is 4.98 Å². The van der Waals surface area contributed by atoms with Crippen LogP contribution >= 0.6 is 0 Å². The largest absolute Gasteiger partial charge is 0.364 e. The minimum atomic E-state index is -0.641. The number of hydrogen-bond donors (Lipinski definition) is 2. The van der Waals surface area contributed by atoms with Gasteiger partial charge in [-0.2, -0.15) is 0 Å². The van der Waals surface area contributed by atoms with Crippen LogP contribution in [-0.2, 0) is 6.42 Å². The average Bonchev–Trinajstić information content (AvgIpc) is 3.01. The van der Waals surface area contributed by atoms with E-state index >= 15 is 0 Å². The molecule has 0 fully saturated rings. The van der Waals surface area contributed by atoms with Gasteiger partial charge >= 0.3 is 0 Å². The third-order valence-corrected chi connectivity index (χ3v) is 3.62. The molecule has 0 spiro atoms. The molecule has 2 aromatic heterocycles. The minimum Gasteiger partial charge on any atom is -0.364 e. The lowest BCUT2D eigenvalue weighted by Crippen LogP contribution is -2.13. The number of nitrogens with zero attached hydrogens (tertiary/aromatic N) is 2. The first-order chi connectivity index (χ1) is 9.65. The van der Waals surface area contributed by atoms with Gasteiger partial charge in [-0.1, -0.05) is 24.3 Å². The maximum atomic E-state index is 12.1. The van der Waals surface area contributed by atoms with Gasteiger partial charge in [0, 0.05) is 18.2 Å². The lowest BCUT2D eigenvalue weighted by molar-refractivity contribution is 0.0996. The first-order valence-corrected chi connectivity index (χ1v) is 6.17. The van der Waals surface area contributed by atoms with Crippen molar-refractivity contribution in [3.05, 3.63) is 57.8 Å². The molecule has 0 saturated carbocycles. The monoisotopic (exact) mass is 266 g/mol. The van der Waals surface area contributed by atoms with E-state index in [0.29, 0.717) is 6.42 Å². The molecule has 1 amide bonds. The Labute approximate surface area is 112 Å². The number of benzene rings is 1. The number of aromatic nitrogens is 3. The van der Waals surface area contributed by atoms with E-state index in [1.54, 1.807) is 4.40 Å². The van der Waals surface area contributed by atoms with Crippen molar-refractivity contribution >= 4 is 11.6 Å². The molecule has 98 valence electrons. The first-order valence-electron chi connectivity index (χ1n) is 6.17. The maximum Gasteiger partial charge on any atom is 0.292 e. The summed E-state index contributed by atoms with van der Waals surface area (Å²) in [5.74, 6) is -0.641. The summed E-state index contributed by atoms with van der Waals surface area (Å²) >= 11 is 0. The highest BCUT2D eigenvalue weighted by Gasteiger charge is 2.23. The summed E-state index contributed by atoms with van der Waals surface area (Å²) < 4.78 is 1.66. The van der Waals surface area contributed by atoms with Crippen LogP contribution in [0, 0.1) is 0 Å². The summed E-state index contributed by atoms with van der Waals surface area (Å²) in [6.07, 6.45) is 2.21. The molecule has 0 bridgehead atoms. The molecule has 0 unspecified atom stereocenters. The Morgan fingerprint density at radius 2 is 2.15 bits per heavy atom. The van der Waals surface area contributed by atoms with Gasteiger partial charge in [-0.15, -0.1) is 0 Å². The second-order valence-electron chi connectivity index (χ2n) is 4.79. The lowest BCUT2D eigenvalue weighted by atomic mass is 10.1. The fourth-order valence-electron chi connectivity index (χ4n) is 2.72. The van der Waals surface area contributed by atoms with Crippen molar-refractivity contribution in [1.82, 2.24) is 14.4 Å². The molecule has 6 heteroatoms. The van der Waals surface area contributed by atoms with Gasteiger partial charge in [-0.3, -0.25) is 14.0 Å². The van der Waals surface area contributed by atoms with Crippen molar-refractivity contribution < 1.29 is 4.79 Å². The van der Waals surface area contributed by atoms with E-state index < -0.39 is 5.91 Å². The fraction of sp³-hybridized carbons (Fsp3) is 0.0714. The zero-order valence-electron chi connectivity index (χ0n) is 10.4. The van der Waals surface area contributed by atoms with Crippen LogP contribution < -0.4 is 11.3 Å². The van der Waals surface area contributed by atoms with Gasteiger partial charge < -0.3 is 10.7 Å². The van der Waals surface area contributed by atoms with Crippen LogP contribution in [0.5, 0.6) is 0 Å². The number of carbonyl (C=O) groups is 1. The fourth-order valence-corrected chi connectivity index (χ4v) is 2.72. The number of hydrogen-bond acceptors (Lipinski definition) is 3. The van der Waals surface area contributed by atoms with Crippen LogP contribution in [0.4, 0.5) is 0 Å². The van der Waals surface area contributed by atoms with Gasteiger partial charge in [-0.05, 0) is 5.56 Å². The number of fused-ring (bicyclic) bond motifs is 5. The number of primary amides is 1. The van der Waals surface area contributed by atoms with Gasteiger partial charge in [0.05, 0.1) is 11.4 Å². The molecule has 3 N–H and O–H groups in total. The summed E-state index contributed by atoms with van der Waals surface area (Å²) in [7, 11) is 0. The van der Waals surface area contributed by atoms with Crippen LogP contribution in [0.15, 0.2) is 35.3 Å². The van der Waals surface area contributed by atoms with Crippen molar-refractivity contribution in [3.8, 4) is 11.3 Å². The molecule has 2 heterocycles. The quantitative estimate of drug-likeness (QED) is 0.531. The van der Waals surface area contributed by atoms with E-state index in [-0.39, 0.29) is 16.9 Å². The molecule has 0 aliphatic heterocycles. The van der Waals surface area contributed by atoms with Crippen LogP contribution in [0.25, 0.3) is 16.9 Å². The van der Waals surface area contributed by atoms with Crippen molar-refractivity contribution in [2.24, 2.45) is 5.73 Å². The topological polar surface area (TPSA) is 93.2 Å². The number of aromatic amines is 1. The smallest absolute Gasteiger partial charge is 0.292 e. The van der Waals surface area contributed by atoms with Crippen molar-refractivity contribution in [2.75, 3.05) is 0 Å². The van der Waals surface area contributed by atoms with Crippen molar-refractivity contribution in [2.45, 2.75) is 6.42 Å². The minimum absolute atomic E-state index is 0.0971. The average molecular weight is 266 g/mol. The van der Waals surface area contributed by atoms with Crippen LogP contribution in [0.1, 0.15) is 21.7 Å². The Morgan fingerprint density at radius 1 is 1.35 bits per heavy atom. The van der Waals surface area contributed by atoms with Gasteiger partial charge in [0.1, 0.15) is 5.69 Å². The van der Waals surface area contributed by atoms with E-state index in [1.165, 1.54) is 6.20 Å². The zero-order chi connectivity index (χ0) is 13.9. The second kappa shape index (κ2) is 3.57. The second-order valence-corrected chi connectivity index (χ2v) is 4.79. The SMILES string of the molecule is NC(=O)c1cn2c3c([nH]c(=O)c2n1)-c1ccccc1C3. The molecule has 1 aromatic carbocycles. The summed E-state index contributed by atoms with van der Waals surface area (Å²) in [5.41, 5.74) is 9.05. The molecular weight excluding hydrogens is 256 g/mol. The Bertz CT molecular complexity index is 936. The molecule has 6 nitrogen and oxygen atoms in total. The highest BCUT2D eigenvalue weighted by Crippen LogP contribution is 2.34. The molecule has 1 aliphatic rings. The number of H-pyrrole nitrogens is 1. The first kappa shape index (κ1) is 11.0. The summed E-state index contributed by atoms with van der Waals surface area (Å²) in [6, 6.07) is 7.88. The molecular formula is C14H10N4O2. The molecule has 0 atom stereocenters. The summed E-state index contributed by atoms with van der Waals surface area (Å²) in [6.45, 7) is 0. The number of amides is 1. The summed E-state index contributed by atoms with van der Waals surface area (Å²) in [5, 5.41) is 0. The molecule has 0 radical (unpaired) electrons. The summed E-state index contributed by atoms with van der Waals surface area (Å²) in [4.78, 5) is 30.2. The van der Waals surface area contributed by atoms with Crippen LogP contribution in [0.3, 0.4) is 0 Å². The predicted octanol–water partition coefficient (Wildman–Crippen LogP) is 0.693. The van der Waals surface area contributed by atoms with E-state index in [2.05, 4.69) is 9.97 Å². The normalized spacial score (nSPS) is 12.4. The number of carbonyl (C=O) groups excluding carboxylic acids is 1. The number of rotatable bonds is 1. The van der Waals surface area contributed by atoms with Gasteiger partial charge in [0.2, 0.25) is 5.65 Å². The lowest BCUT2D eigenvalue weighted by Gasteiger charge is -2.02. The number of imidazole rings is 1. The van der Waals surface area contributed by atoms with Gasteiger partial charge in [0.25, 0.3) is 11.5 Å².